The zero-order chi connectivity index (χ0) is 14.1. The number of carbonyl (C=O) groups is 2. The van der Waals surface area contributed by atoms with E-state index in [9.17, 15) is 9.59 Å². The summed E-state index contributed by atoms with van der Waals surface area (Å²) in [7, 11) is 0. The van der Waals surface area contributed by atoms with E-state index in [1.807, 2.05) is 17.5 Å². The van der Waals surface area contributed by atoms with Crippen LogP contribution in [-0.2, 0) is 16.0 Å². The summed E-state index contributed by atoms with van der Waals surface area (Å²) in [5.41, 5.74) is 0. The van der Waals surface area contributed by atoms with Crippen LogP contribution < -0.4 is 5.32 Å². The average Bonchev–Trinajstić information content (AvgIpc) is 2.81. The van der Waals surface area contributed by atoms with Crippen molar-refractivity contribution in [3.05, 3.63) is 35.0 Å². The number of nitrogens with zero attached hydrogens (tertiary/aromatic N) is 1. The van der Waals surface area contributed by atoms with Crippen LogP contribution in [0.25, 0.3) is 0 Å². The van der Waals surface area contributed by atoms with Crippen molar-refractivity contribution in [1.82, 2.24) is 10.2 Å². The third kappa shape index (κ3) is 6.73. The molecule has 6 heteroatoms. The van der Waals surface area contributed by atoms with Crippen molar-refractivity contribution in [2.24, 2.45) is 0 Å². The molecule has 0 atom stereocenters. The lowest BCUT2D eigenvalue weighted by Crippen LogP contribution is -2.40. The molecule has 0 spiro atoms. The Balaban J connectivity index is 2.27. The molecule has 1 amide bonds. The third-order valence-corrected chi connectivity index (χ3v) is 3.32. The minimum Gasteiger partial charge on any atom is -0.480 e. The number of rotatable bonds is 9. The molecule has 1 rings (SSSR count). The molecule has 1 heterocycles. The molecule has 0 aliphatic rings. The molecular weight excluding hydrogens is 264 g/mol. The molecule has 0 aliphatic carbocycles. The van der Waals surface area contributed by atoms with E-state index >= 15 is 0 Å². The predicted octanol–water partition coefficient (Wildman–Crippen LogP) is 0.979. The second-order valence-corrected chi connectivity index (χ2v) is 5.06. The predicted molar refractivity (Wildman–Crippen MR) is 75.3 cm³/mol. The van der Waals surface area contributed by atoms with Gasteiger partial charge >= 0.3 is 5.97 Å². The topological polar surface area (TPSA) is 69.6 Å². The molecule has 0 aliphatic heterocycles. The number of thiophene rings is 1. The molecule has 5 nitrogen and oxygen atoms in total. The van der Waals surface area contributed by atoms with E-state index in [0.29, 0.717) is 13.1 Å². The number of aliphatic carboxylic acids is 1. The SMILES string of the molecule is C=CCN(CC(=O)O)CC(=O)NCCc1cccs1. The number of carboxylic acids is 1. The Labute approximate surface area is 116 Å². The highest BCUT2D eigenvalue weighted by Crippen LogP contribution is 2.07. The van der Waals surface area contributed by atoms with Gasteiger partial charge in [0.2, 0.25) is 5.91 Å². The van der Waals surface area contributed by atoms with Crippen molar-refractivity contribution in [3.63, 3.8) is 0 Å². The first kappa shape index (κ1) is 15.4. The van der Waals surface area contributed by atoms with Gasteiger partial charge in [-0.25, -0.2) is 0 Å². The number of carbonyl (C=O) groups excluding carboxylic acids is 1. The van der Waals surface area contributed by atoms with E-state index in [0.717, 1.165) is 6.42 Å². The Hall–Kier alpha value is -1.66. The van der Waals surface area contributed by atoms with Gasteiger partial charge in [0.25, 0.3) is 0 Å². The maximum absolute atomic E-state index is 11.7. The van der Waals surface area contributed by atoms with Crippen LogP contribution >= 0.6 is 11.3 Å². The largest absolute Gasteiger partial charge is 0.480 e. The highest BCUT2D eigenvalue weighted by atomic mass is 32.1. The van der Waals surface area contributed by atoms with E-state index in [1.165, 1.54) is 9.78 Å². The van der Waals surface area contributed by atoms with Crippen molar-refractivity contribution in [2.45, 2.75) is 6.42 Å². The van der Waals surface area contributed by atoms with Crippen LogP contribution in [-0.4, -0.2) is 48.1 Å². The van der Waals surface area contributed by atoms with Crippen LogP contribution in [0.4, 0.5) is 0 Å². The van der Waals surface area contributed by atoms with E-state index in [1.54, 1.807) is 17.4 Å². The first-order valence-corrected chi connectivity index (χ1v) is 6.84. The smallest absolute Gasteiger partial charge is 0.317 e. The van der Waals surface area contributed by atoms with Crippen molar-refractivity contribution in [3.8, 4) is 0 Å². The van der Waals surface area contributed by atoms with Gasteiger partial charge in [0.15, 0.2) is 0 Å². The van der Waals surface area contributed by atoms with Gasteiger partial charge in [-0.2, -0.15) is 0 Å². The summed E-state index contributed by atoms with van der Waals surface area (Å²) < 4.78 is 0. The summed E-state index contributed by atoms with van der Waals surface area (Å²) in [6.07, 6.45) is 2.38. The quantitative estimate of drug-likeness (QED) is 0.662. The number of hydrogen-bond donors (Lipinski definition) is 2. The van der Waals surface area contributed by atoms with Crippen molar-refractivity contribution in [2.75, 3.05) is 26.2 Å². The van der Waals surface area contributed by atoms with Crippen LogP contribution in [0.3, 0.4) is 0 Å². The second-order valence-electron chi connectivity index (χ2n) is 4.03. The molecule has 0 unspecified atom stereocenters. The van der Waals surface area contributed by atoms with Gasteiger partial charge in [-0.3, -0.25) is 14.5 Å². The Bertz CT molecular complexity index is 418. The molecule has 0 saturated carbocycles. The fraction of sp³-hybridized carbons (Fsp3) is 0.385. The summed E-state index contributed by atoms with van der Waals surface area (Å²) in [4.78, 5) is 25.0. The normalized spacial score (nSPS) is 10.4. The van der Waals surface area contributed by atoms with Crippen molar-refractivity contribution >= 4 is 23.2 Å². The van der Waals surface area contributed by atoms with E-state index in [2.05, 4.69) is 11.9 Å². The summed E-state index contributed by atoms with van der Waals surface area (Å²) in [6.45, 7) is 4.40. The second kappa shape index (κ2) is 8.44. The number of hydrogen-bond acceptors (Lipinski definition) is 4. The Morgan fingerprint density at radius 3 is 2.84 bits per heavy atom. The van der Waals surface area contributed by atoms with Gasteiger partial charge in [0.1, 0.15) is 0 Å². The molecule has 1 aromatic heterocycles. The van der Waals surface area contributed by atoms with Crippen LogP contribution in [0.15, 0.2) is 30.2 Å². The number of carboxylic acid groups (broad SMARTS) is 1. The lowest BCUT2D eigenvalue weighted by molar-refractivity contribution is -0.138. The lowest BCUT2D eigenvalue weighted by atomic mass is 10.3. The zero-order valence-corrected chi connectivity index (χ0v) is 11.5. The third-order valence-electron chi connectivity index (χ3n) is 2.39. The fourth-order valence-electron chi connectivity index (χ4n) is 1.60. The molecule has 104 valence electrons. The zero-order valence-electron chi connectivity index (χ0n) is 10.7. The summed E-state index contributed by atoms with van der Waals surface area (Å²) in [5.74, 6) is -1.12. The van der Waals surface area contributed by atoms with Gasteiger partial charge in [0.05, 0.1) is 13.1 Å². The maximum atomic E-state index is 11.7. The van der Waals surface area contributed by atoms with E-state index in [-0.39, 0.29) is 19.0 Å². The summed E-state index contributed by atoms with van der Waals surface area (Å²) >= 11 is 1.65. The van der Waals surface area contributed by atoms with Gasteiger partial charge in [-0.1, -0.05) is 12.1 Å². The Kier molecular flexibility index (Phi) is 6.84. The molecule has 2 N–H and O–H groups in total. The van der Waals surface area contributed by atoms with E-state index < -0.39 is 5.97 Å². The van der Waals surface area contributed by atoms with Crippen molar-refractivity contribution < 1.29 is 14.7 Å². The Morgan fingerprint density at radius 1 is 1.47 bits per heavy atom. The number of nitrogens with one attached hydrogen (secondary N) is 1. The summed E-state index contributed by atoms with van der Waals surface area (Å²) in [5, 5.41) is 13.5. The fourth-order valence-corrected chi connectivity index (χ4v) is 2.31. The lowest BCUT2D eigenvalue weighted by Gasteiger charge is -2.17. The minimum atomic E-state index is -0.951. The highest BCUT2D eigenvalue weighted by molar-refractivity contribution is 7.09. The first-order valence-electron chi connectivity index (χ1n) is 5.96. The minimum absolute atomic E-state index is 0.0722. The molecule has 0 saturated heterocycles. The highest BCUT2D eigenvalue weighted by Gasteiger charge is 2.12. The standard InChI is InChI=1S/C13H18N2O3S/c1-2-7-15(10-13(17)18)9-12(16)14-6-5-11-4-3-8-19-11/h2-4,8H,1,5-7,9-10H2,(H,14,16)(H,17,18). The molecule has 0 radical (unpaired) electrons. The number of amides is 1. The molecule has 0 fully saturated rings. The first-order chi connectivity index (χ1) is 9.11. The maximum Gasteiger partial charge on any atom is 0.317 e. The molecule has 0 aromatic carbocycles. The van der Waals surface area contributed by atoms with Crippen LogP contribution in [0.1, 0.15) is 4.88 Å². The monoisotopic (exact) mass is 282 g/mol. The van der Waals surface area contributed by atoms with Crippen LogP contribution in [0.5, 0.6) is 0 Å². The van der Waals surface area contributed by atoms with Crippen LogP contribution in [0.2, 0.25) is 0 Å². The molecule has 19 heavy (non-hydrogen) atoms. The molecule has 1 aromatic rings. The van der Waals surface area contributed by atoms with Gasteiger partial charge in [0, 0.05) is 18.0 Å². The van der Waals surface area contributed by atoms with Gasteiger partial charge in [-0.15, -0.1) is 17.9 Å². The molecule has 0 bridgehead atoms. The summed E-state index contributed by atoms with van der Waals surface area (Å²) in [6, 6.07) is 3.99. The Morgan fingerprint density at radius 2 is 2.26 bits per heavy atom. The van der Waals surface area contributed by atoms with Crippen LogP contribution in [0, 0.1) is 0 Å². The molecular formula is C13H18N2O3S. The van der Waals surface area contributed by atoms with Gasteiger partial charge < -0.3 is 10.4 Å². The van der Waals surface area contributed by atoms with Crippen molar-refractivity contribution in [1.29, 1.82) is 0 Å². The average molecular weight is 282 g/mol. The van der Waals surface area contributed by atoms with Gasteiger partial charge in [-0.05, 0) is 17.9 Å². The van der Waals surface area contributed by atoms with E-state index in [4.69, 9.17) is 5.11 Å².